The number of benzene rings is 1. The van der Waals surface area contributed by atoms with E-state index in [2.05, 4.69) is 20.9 Å². The standard InChI is InChI=1S/C12H8BrNO2S/c13-8-3-5-9(6-4-8)17-11-10(12(15)16)2-1-7-14-11/h1-7H,(H,15,16)/p-1. The van der Waals surface area contributed by atoms with Gasteiger partial charge in [0.15, 0.2) is 0 Å². The van der Waals surface area contributed by atoms with Gasteiger partial charge in [-0.05, 0) is 36.4 Å². The Balaban J connectivity index is 2.30. The fourth-order valence-corrected chi connectivity index (χ4v) is 2.38. The summed E-state index contributed by atoms with van der Waals surface area (Å²) in [5.41, 5.74) is 0.111. The van der Waals surface area contributed by atoms with Crippen LogP contribution >= 0.6 is 27.7 Å². The van der Waals surface area contributed by atoms with Gasteiger partial charge >= 0.3 is 0 Å². The molecule has 0 fully saturated rings. The number of halogens is 1. The van der Waals surface area contributed by atoms with Crippen LogP contribution in [0.15, 0.2) is 57.0 Å². The lowest BCUT2D eigenvalue weighted by molar-refractivity contribution is -0.255. The van der Waals surface area contributed by atoms with Crippen molar-refractivity contribution in [1.82, 2.24) is 4.98 Å². The number of carbonyl (C=O) groups is 1. The van der Waals surface area contributed by atoms with Crippen LogP contribution in [0.5, 0.6) is 0 Å². The number of carbonyl (C=O) groups excluding carboxylic acids is 1. The zero-order chi connectivity index (χ0) is 12.3. The molecule has 17 heavy (non-hydrogen) atoms. The van der Waals surface area contributed by atoms with E-state index < -0.39 is 5.97 Å². The van der Waals surface area contributed by atoms with E-state index in [4.69, 9.17) is 0 Å². The Labute approximate surface area is 111 Å². The molecular formula is C12H7BrNO2S-. The van der Waals surface area contributed by atoms with Crippen LogP contribution in [0, 0.1) is 0 Å². The van der Waals surface area contributed by atoms with Crippen LogP contribution in [-0.2, 0) is 0 Å². The zero-order valence-corrected chi connectivity index (χ0v) is 11.0. The van der Waals surface area contributed by atoms with Crippen LogP contribution in [-0.4, -0.2) is 11.0 Å². The Morgan fingerprint density at radius 1 is 1.24 bits per heavy atom. The molecule has 0 N–H and O–H groups in total. The van der Waals surface area contributed by atoms with Crippen molar-refractivity contribution in [1.29, 1.82) is 0 Å². The van der Waals surface area contributed by atoms with Gasteiger partial charge in [-0.2, -0.15) is 0 Å². The first kappa shape index (κ1) is 12.1. The van der Waals surface area contributed by atoms with E-state index in [0.29, 0.717) is 5.03 Å². The second kappa shape index (κ2) is 5.33. The molecule has 0 atom stereocenters. The van der Waals surface area contributed by atoms with Gasteiger partial charge in [-0.3, -0.25) is 0 Å². The number of aromatic carboxylic acids is 1. The number of nitrogens with zero attached hydrogens (tertiary/aromatic N) is 1. The van der Waals surface area contributed by atoms with Crippen molar-refractivity contribution in [2.24, 2.45) is 0 Å². The molecule has 0 saturated carbocycles. The molecule has 5 heteroatoms. The molecule has 2 aromatic rings. The Morgan fingerprint density at radius 3 is 2.59 bits per heavy atom. The Kier molecular flexibility index (Phi) is 3.81. The van der Waals surface area contributed by atoms with Crippen molar-refractivity contribution in [2.45, 2.75) is 9.92 Å². The molecule has 1 heterocycles. The quantitative estimate of drug-likeness (QED) is 0.873. The highest BCUT2D eigenvalue weighted by Crippen LogP contribution is 2.29. The van der Waals surface area contributed by atoms with Gasteiger partial charge in [0, 0.05) is 21.1 Å². The van der Waals surface area contributed by atoms with E-state index in [-0.39, 0.29) is 5.56 Å². The lowest BCUT2D eigenvalue weighted by atomic mass is 10.3. The highest BCUT2D eigenvalue weighted by Gasteiger charge is 2.06. The average Bonchev–Trinajstić information content (AvgIpc) is 2.32. The molecule has 0 aliphatic rings. The highest BCUT2D eigenvalue weighted by molar-refractivity contribution is 9.10. The second-order valence-corrected chi connectivity index (χ2v) is 5.18. The van der Waals surface area contributed by atoms with Gasteiger partial charge in [0.05, 0.1) is 5.97 Å². The normalized spacial score (nSPS) is 10.2. The number of aromatic nitrogens is 1. The minimum absolute atomic E-state index is 0.111. The van der Waals surface area contributed by atoms with Crippen molar-refractivity contribution in [3.63, 3.8) is 0 Å². The molecule has 86 valence electrons. The maximum absolute atomic E-state index is 10.9. The summed E-state index contributed by atoms with van der Waals surface area (Å²) in [5.74, 6) is -1.21. The van der Waals surface area contributed by atoms with E-state index in [9.17, 15) is 9.90 Å². The predicted molar refractivity (Wildman–Crippen MR) is 66.8 cm³/mol. The van der Waals surface area contributed by atoms with E-state index in [1.165, 1.54) is 17.8 Å². The first-order valence-corrected chi connectivity index (χ1v) is 6.37. The summed E-state index contributed by atoms with van der Waals surface area (Å²) in [6, 6.07) is 10.6. The fourth-order valence-electron chi connectivity index (χ4n) is 1.24. The molecule has 1 aromatic carbocycles. The fraction of sp³-hybridized carbons (Fsp3) is 0. The first-order chi connectivity index (χ1) is 8.16. The summed E-state index contributed by atoms with van der Waals surface area (Å²) in [6.07, 6.45) is 1.56. The van der Waals surface area contributed by atoms with Gasteiger partial charge in [0.1, 0.15) is 5.03 Å². The number of pyridine rings is 1. The molecule has 0 saturated heterocycles. The van der Waals surface area contributed by atoms with Crippen molar-refractivity contribution in [3.05, 3.63) is 52.6 Å². The Hall–Kier alpha value is -1.33. The smallest absolute Gasteiger partial charge is 0.110 e. The molecule has 1 aromatic heterocycles. The van der Waals surface area contributed by atoms with Crippen LogP contribution in [0.4, 0.5) is 0 Å². The third-order valence-electron chi connectivity index (χ3n) is 2.02. The molecule has 0 aliphatic carbocycles. The molecule has 0 aliphatic heterocycles. The third kappa shape index (κ3) is 3.08. The molecule has 2 rings (SSSR count). The average molecular weight is 309 g/mol. The number of carboxylic acids is 1. The van der Waals surface area contributed by atoms with Crippen LogP contribution in [0.2, 0.25) is 0 Å². The largest absolute Gasteiger partial charge is 0.545 e. The summed E-state index contributed by atoms with van der Waals surface area (Å²) in [6.45, 7) is 0. The minimum Gasteiger partial charge on any atom is -0.545 e. The monoisotopic (exact) mass is 308 g/mol. The summed E-state index contributed by atoms with van der Waals surface area (Å²) >= 11 is 4.64. The minimum atomic E-state index is -1.21. The van der Waals surface area contributed by atoms with Gasteiger partial charge in [0.2, 0.25) is 0 Å². The van der Waals surface area contributed by atoms with E-state index in [1.54, 1.807) is 12.3 Å². The molecule has 3 nitrogen and oxygen atoms in total. The Bertz CT molecular complexity index is 542. The lowest BCUT2D eigenvalue weighted by Gasteiger charge is -2.08. The van der Waals surface area contributed by atoms with Gasteiger partial charge in [-0.25, -0.2) is 4.98 Å². The number of rotatable bonds is 3. The maximum atomic E-state index is 10.9. The maximum Gasteiger partial charge on any atom is 0.110 e. The molecule has 0 amide bonds. The van der Waals surface area contributed by atoms with Crippen molar-refractivity contribution < 1.29 is 9.90 Å². The van der Waals surface area contributed by atoms with Gasteiger partial charge in [-0.15, -0.1) is 0 Å². The summed E-state index contributed by atoms with van der Waals surface area (Å²) in [5, 5.41) is 11.3. The molecule has 0 bridgehead atoms. The SMILES string of the molecule is O=C([O-])c1cccnc1Sc1ccc(Br)cc1. The van der Waals surface area contributed by atoms with Crippen molar-refractivity contribution >= 4 is 33.7 Å². The van der Waals surface area contributed by atoms with Gasteiger partial charge in [-0.1, -0.05) is 27.7 Å². The van der Waals surface area contributed by atoms with E-state index in [0.717, 1.165) is 9.37 Å². The number of hydrogen-bond acceptors (Lipinski definition) is 4. The van der Waals surface area contributed by atoms with Crippen LogP contribution in [0.3, 0.4) is 0 Å². The molecule has 0 spiro atoms. The van der Waals surface area contributed by atoms with E-state index in [1.807, 2.05) is 24.3 Å². The predicted octanol–water partition coefficient (Wildman–Crippen LogP) is 2.36. The van der Waals surface area contributed by atoms with Crippen LogP contribution in [0.1, 0.15) is 10.4 Å². The first-order valence-electron chi connectivity index (χ1n) is 4.76. The second-order valence-electron chi connectivity index (χ2n) is 3.20. The molecule has 0 unspecified atom stereocenters. The zero-order valence-electron chi connectivity index (χ0n) is 8.59. The number of hydrogen-bond donors (Lipinski definition) is 0. The summed E-state index contributed by atoms with van der Waals surface area (Å²) in [4.78, 5) is 15.9. The van der Waals surface area contributed by atoms with Gasteiger partial charge in [0.25, 0.3) is 0 Å². The van der Waals surface area contributed by atoms with Crippen molar-refractivity contribution in [2.75, 3.05) is 0 Å². The van der Waals surface area contributed by atoms with Crippen LogP contribution < -0.4 is 5.11 Å². The molecular weight excluding hydrogens is 302 g/mol. The van der Waals surface area contributed by atoms with Crippen molar-refractivity contribution in [3.8, 4) is 0 Å². The number of carboxylic acid groups (broad SMARTS) is 1. The van der Waals surface area contributed by atoms with E-state index >= 15 is 0 Å². The summed E-state index contributed by atoms with van der Waals surface area (Å²) < 4.78 is 0.975. The van der Waals surface area contributed by atoms with Gasteiger partial charge < -0.3 is 9.90 Å². The summed E-state index contributed by atoms with van der Waals surface area (Å²) in [7, 11) is 0. The third-order valence-corrected chi connectivity index (χ3v) is 3.57. The molecule has 0 radical (unpaired) electrons. The topological polar surface area (TPSA) is 53.0 Å². The Morgan fingerprint density at radius 2 is 1.94 bits per heavy atom. The van der Waals surface area contributed by atoms with Crippen LogP contribution in [0.25, 0.3) is 0 Å². The lowest BCUT2D eigenvalue weighted by Crippen LogP contribution is -2.23. The highest BCUT2D eigenvalue weighted by atomic mass is 79.9.